The standard InChI is InChI=1S/C24H36N2O4/c1-18(25-13-9-8-10-21(25)27)17-30-24(6,7)14-20-11-12-22(28)26(15-20)19(2)16-29-23(3,4)5/h8-13,15,18-19H,14,16-17H2,1-7H3/t18-,19+/m0/s1. The van der Waals surface area contributed by atoms with Gasteiger partial charge in [0.05, 0.1) is 36.5 Å². The first kappa shape index (κ1) is 24.1. The Morgan fingerprint density at radius 3 is 2.07 bits per heavy atom. The number of ether oxygens (including phenoxy) is 2. The Labute approximate surface area is 179 Å². The average molecular weight is 417 g/mol. The molecule has 0 radical (unpaired) electrons. The van der Waals surface area contributed by atoms with E-state index in [1.165, 1.54) is 0 Å². The summed E-state index contributed by atoms with van der Waals surface area (Å²) in [5, 5.41) is 0. The highest BCUT2D eigenvalue weighted by Gasteiger charge is 2.22. The van der Waals surface area contributed by atoms with Gasteiger partial charge in [0.25, 0.3) is 11.1 Å². The Bertz CT molecular complexity index is 937. The second-order valence-corrected chi connectivity index (χ2v) is 9.60. The third-order valence-corrected chi connectivity index (χ3v) is 4.90. The van der Waals surface area contributed by atoms with Crippen LogP contribution in [-0.2, 0) is 15.9 Å². The fourth-order valence-electron chi connectivity index (χ4n) is 3.22. The quantitative estimate of drug-likeness (QED) is 0.620. The second kappa shape index (κ2) is 9.75. The predicted octanol–water partition coefficient (Wildman–Crippen LogP) is 3.99. The molecule has 0 fully saturated rings. The van der Waals surface area contributed by atoms with Crippen LogP contribution in [0.1, 0.15) is 66.1 Å². The van der Waals surface area contributed by atoms with Crippen molar-refractivity contribution >= 4 is 0 Å². The van der Waals surface area contributed by atoms with E-state index < -0.39 is 5.60 Å². The molecule has 0 aliphatic carbocycles. The van der Waals surface area contributed by atoms with Gasteiger partial charge in [-0.05, 0) is 60.1 Å². The van der Waals surface area contributed by atoms with Crippen molar-refractivity contribution in [3.8, 4) is 0 Å². The lowest BCUT2D eigenvalue weighted by Crippen LogP contribution is -2.33. The van der Waals surface area contributed by atoms with Crippen LogP contribution in [0.25, 0.3) is 0 Å². The molecule has 30 heavy (non-hydrogen) atoms. The molecule has 166 valence electrons. The second-order valence-electron chi connectivity index (χ2n) is 9.60. The van der Waals surface area contributed by atoms with E-state index in [-0.39, 0.29) is 28.8 Å². The van der Waals surface area contributed by atoms with Gasteiger partial charge in [-0.15, -0.1) is 0 Å². The Balaban J connectivity index is 2.04. The van der Waals surface area contributed by atoms with Gasteiger partial charge in [-0.2, -0.15) is 0 Å². The highest BCUT2D eigenvalue weighted by Crippen LogP contribution is 2.20. The van der Waals surface area contributed by atoms with Gasteiger partial charge < -0.3 is 18.6 Å². The molecule has 0 spiro atoms. The van der Waals surface area contributed by atoms with Gasteiger partial charge in [0, 0.05) is 30.9 Å². The van der Waals surface area contributed by atoms with Gasteiger partial charge in [0.15, 0.2) is 0 Å². The lowest BCUT2D eigenvalue weighted by molar-refractivity contribution is -0.0308. The average Bonchev–Trinajstić information content (AvgIpc) is 2.65. The van der Waals surface area contributed by atoms with Crippen molar-refractivity contribution in [1.82, 2.24) is 9.13 Å². The number of hydrogen-bond donors (Lipinski definition) is 0. The van der Waals surface area contributed by atoms with E-state index in [2.05, 4.69) is 0 Å². The molecule has 2 rings (SSSR count). The molecule has 0 saturated carbocycles. The highest BCUT2D eigenvalue weighted by molar-refractivity contribution is 5.13. The first-order valence-corrected chi connectivity index (χ1v) is 10.5. The van der Waals surface area contributed by atoms with E-state index in [0.717, 1.165) is 5.56 Å². The normalized spacial score (nSPS) is 14.5. The summed E-state index contributed by atoms with van der Waals surface area (Å²) in [5.41, 5.74) is 0.249. The fourth-order valence-corrected chi connectivity index (χ4v) is 3.22. The molecule has 0 aromatic carbocycles. The molecule has 0 amide bonds. The minimum atomic E-state index is -0.444. The molecule has 0 N–H and O–H groups in total. The van der Waals surface area contributed by atoms with E-state index in [1.807, 2.05) is 66.8 Å². The summed E-state index contributed by atoms with van der Waals surface area (Å²) in [7, 11) is 0. The van der Waals surface area contributed by atoms with Crippen LogP contribution in [0.15, 0.2) is 52.3 Å². The third-order valence-electron chi connectivity index (χ3n) is 4.90. The van der Waals surface area contributed by atoms with E-state index in [1.54, 1.807) is 33.5 Å². The summed E-state index contributed by atoms with van der Waals surface area (Å²) in [6.07, 6.45) is 4.33. The zero-order valence-corrected chi connectivity index (χ0v) is 19.3. The number of hydrogen-bond acceptors (Lipinski definition) is 4. The third kappa shape index (κ3) is 7.26. The number of rotatable bonds is 9. The monoisotopic (exact) mass is 416 g/mol. The van der Waals surface area contributed by atoms with E-state index in [0.29, 0.717) is 19.6 Å². The van der Waals surface area contributed by atoms with Gasteiger partial charge >= 0.3 is 0 Å². The molecule has 6 nitrogen and oxygen atoms in total. The zero-order chi connectivity index (χ0) is 22.5. The minimum Gasteiger partial charge on any atom is -0.374 e. The number of pyridine rings is 2. The van der Waals surface area contributed by atoms with Gasteiger partial charge in [-0.1, -0.05) is 12.1 Å². The minimum absolute atomic E-state index is 0.0371. The Morgan fingerprint density at radius 1 is 0.833 bits per heavy atom. The Kier molecular flexibility index (Phi) is 7.83. The van der Waals surface area contributed by atoms with Crippen LogP contribution in [0.3, 0.4) is 0 Å². The van der Waals surface area contributed by atoms with Gasteiger partial charge in [-0.25, -0.2) is 0 Å². The SMILES string of the molecule is C[C@H](COC(C)(C)C)n1cc(CC(C)(C)OC[C@H](C)n2ccccc2=O)ccc1=O. The molecule has 2 aromatic rings. The lowest BCUT2D eigenvalue weighted by Gasteiger charge is -2.28. The summed E-state index contributed by atoms with van der Waals surface area (Å²) in [6.45, 7) is 14.9. The van der Waals surface area contributed by atoms with Gasteiger partial charge in [0.1, 0.15) is 0 Å². The van der Waals surface area contributed by atoms with Crippen LogP contribution >= 0.6 is 0 Å². The van der Waals surface area contributed by atoms with Crippen LogP contribution in [0, 0.1) is 0 Å². The largest absolute Gasteiger partial charge is 0.374 e. The van der Waals surface area contributed by atoms with Crippen LogP contribution in [-0.4, -0.2) is 33.6 Å². The van der Waals surface area contributed by atoms with E-state index in [4.69, 9.17) is 9.47 Å². The van der Waals surface area contributed by atoms with Crippen molar-refractivity contribution in [2.75, 3.05) is 13.2 Å². The predicted molar refractivity (Wildman–Crippen MR) is 120 cm³/mol. The first-order chi connectivity index (χ1) is 13.9. The molecule has 2 heterocycles. The lowest BCUT2D eigenvalue weighted by atomic mass is 9.99. The number of aromatic nitrogens is 2. The van der Waals surface area contributed by atoms with E-state index in [9.17, 15) is 9.59 Å². The highest BCUT2D eigenvalue weighted by atomic mass is 16.5. The smallest absolute Gasteiger partial charge is 0.250 e. The van der Waals surface area contributed by atoms with Crippen molar-refractivity contribution in [2.24, 2.45) is 0 Å². The molecule has 2 atom stereocenters. The van der Waals surface area contributed by atoms with Gasteiger partial charge in [-0.3, -0.25) is 9.59 Å². The molecule has 0 unspecified atom stereocenters. The molecule has 0 aliphatic rings. The van der Waals surface area contributed by atoms with Crippen LogP contribution in [0.5, 0.6) is 0 Å². The number of nitrogens with zero attached hydrogens (tertiary/aromatic N) is 2. The van der Waals surface area contributed by atoms with Crippen LogP contribution in [0.2, 0.25) is 0 Å². The fraction of sp³-hybridized carbons (Fsp3) is 0.583. The summed E-state index contributed by atoms with van der Waals surface area (Å²) in [5.74, 6) is 0. The van der Waals surface area contributed by atoms with Crippen molar-refractivity contribution in [3.63, 3.8) is 0 Å². The summed E-state index contributed by atoms with van der Waals surface area (Å²) in [4.78, 5) is 24.3. The van der Waals surface area contributed by atoms with Crippen LogP contribution < -0.4 is 11.1 Å². The maximum absolute atomic E-state index is 12.4. The topological polar surface area (TPSA) is 62.5 Å². The van der Waals surface area contributed by atoms with Crippen molar-refractivity contribution in [3.05, 3.63) is 69.0 Å². The van der Waals surface area contributed by atoms with E-state index >= 15 is 0 Å². The zero-order valence-electron chi connectivity index (χ0n) is 19.3. The molecule has 6 heteroatoms. The first-order valence-electron chi connectivity index (χ1n) is 10.5. The van der Waals surface area contributed by atoms with Crippen molar-refractivity contribution in [2.45, 2.75) is 78.2 Å². The maximum Gasteiger partial charge on any atom is 0.250 e. The molecule has 0 aliphatic heterocycles. The Morgan fingerprint density at radius 2 is 1.43 bits per heavy atom. The molecule has 2 aromatic heterocycles. The summed E-state index contributed by atoms with van der Waals surface area (Å²) < 4.78 is 15.4. The summed E-state index contributed by atoms with van der Waals surface area (Å²) >= 11 is 0. The van der Waals surface area contributed by atoms with Crippen molar-refractivity contribution < 1.29 is 9.47 Å². The summed E-state index contributed by atoms with van der Waals surface area (Å²) in [6, 6.07) is 8.45. The van der Waals surface area contributed by atoms with Crippen LogP contribution in [0.4, 0.5) is 0 Å². The molecule has 0 saturated heterocycles. The van der Waals surface area contributed by atoms with Crippen molar-refractivity contribution in [1.29, 1.82) is 0 Å². The maximum atomic E-state index is 12.4. The Hall–Kier alpha value is -2.18. The molecule has 0 bridgehead atoms. The molecular weight excluding hydrogens is 380 g/mol. The van der Waals surface area contributed by atoms with Gasteiger partial charge in [0.2, 0.25) is 0 Å². The molecular formula is C24H36N2O4.